The van der Waals surface area contributed by atoms with Gasteiger partial charge in [0.25, 0.3) is 0 Å². The van der Waals surface area contributed by atoms with Crippen molar-refractivity contribution in [1.29, 1.82) is 0 Å². The molecule has 9 nitrogen and oxygen atoms in total. The van der Waals surface area contributed by atoms with E-state index >= 15 is 0 Å². The number of carbonyl (C=O) groups excluding carboxylic acids is 2. The van der Waals surface area contributed by atoms with E-state index in [9.17, 15) is 24.7 Å². The molecule has 3 aliphatic rings. The second-order valence-electron chi connectivity index (χ2n) is 9.54. The zero-order chi connectivity index (χ0) is 23.4. The highest BCUT2D eigenvalue weighted by Gasteiger charge is 2.44. The predicted octanol–water partition coefficient (Wildman–Crippen LogP) is 2.26. The first-order valence-corrected chi connectivity index (χ1v) is 12.0. The summed E-state index contributed by atoms with van der Waals surface area (Å²) in [6.07, 6.45) is 2.74. The molecule has 1 aliphatic carbocycles. The Morgan fingerprint density at radius 2 is 1.58 bits per heavy atom. The first-order chi connectivity index (χ1) is 16.0. The fourth-order valence-electron chi connectivity index (χ4n) is 5.93. The lowest BCUT2D eigenvalue weighted by molar-refractivity contribution is -0.148. The first kappa shape index (κ1) is 23.4. The summed E-state index contributed by atoms with van der Waals surface area (Å²) in [5, 5.41) is 18.7. The molecule has 2 aliphatic heterocycles. The second-order valence-corrected chi connectivity index (χ2v) is 9.54. The molecule has 1 aromatic rings. The van der Waals surface area contributed by atoms with Gasteiger partial charge >= 0.3 is 6.09 Å². The van der Waals surface area contributed by atoms with Gasteiger partial charge in [-0.25, -0.2) is 10.3 Å². The second kappa shape index (κ2) is 10.4. The third-order valence-electron chi connectivity index (χ3n) is 7.76. The Kier molecular flexibility index (Phi) is 7.37. The fourth-order valence-corrected chi connectivity index (χ4v) is 5.93. The topological polar surface area (TPSA) is 113 Å². The molecule has 3 amide bonds. The molecule has 0 radical (unpaired) electrons. The van der Waals surface area contributed by atoms with Crippen molar-refractivity contribution in [3.63, 3.8) is 0 Å². The van der Waals surface area contributed by atoms with Gasteiger partial charge in [0.15, 0.2) is 0 Å². The van der Waals surface area contributed by atoms with Gasteiger partial charge in [-0.15, -0.1) is 0 Å². The molecule has 0 spiro atoms. The zero-order valence-electron chi connectivity index (χ0n) is 18.9. The monoisotopic (exact) mass is 458 g/mol. The van der Waals surface area contributed by atoms with Crippen LogP contribution in [0, 0.1) is 23.7 Å². The van der Waals surface area contributed by atoms with Crippen molar-refractivity contribution >= 4 is 23.6 Å². The van der Waals surface area contributed by atoms with Gasteiger partial charge in [0, 0.05) is 50.9 Å². The molecule has 4 rings (SSSR count). The van der Waals surface area contributed by atoms with Crippen LogP contribution in [0.25, 0.3) is 0 Å². The predicted molar refractivity (Wildman–Crippen MR) is 122 cm³/mol. The number of piperidine rings is 1. The highest BCUT2D eigenvalue weighted by atomic mass is 16.5. The highest BCUT2D eigenvalue weighted by molar-refractivity contribution is 5.87. The summed E-state index contributed by atoms with van der Waals surface area (Å²) in [5.74, 6) is -1.19. The molecule has 180 valence electrons. The number of hydrogen-bond acceptors (Lipinski definition) is 5. The summed E-state index contributed by atoms with van der Waals surface area (Å²) in [7, 11) is 0. The molecule has 3 fully saturated rings. The number of hydrogen-bond donors (Lipinski definition) is 3. The number of likely N-dealkylation sites (tertiary alicyclic amines) is 1. The summed E-state index contributed by atoms with van der Waals surface area (Å²) in [4.78, 5) is 42.9. The average Bonchev–Trinajstić information content (AvgIpc) is 2.88. The number of nitrogens with zero attached hydrogens (tertiary/aromatic N) is 3. The van der Waals surface area contributed by atoms with Gasteiger partial charge in [-0.1, -0.05) is 18.2 Å². The maximum atomic E-state index is 13.4. The van der Waals surface area contributed by atoms with Crippen LogP contribution in [-0.2, 0) is 9.59 Å². The number of anilines is 1. The van der Waals surface area contributed by atoms with E-state index in [1.807, 2.05) is 23.1 Å². The van der Waals surface area contributed by atoms with Crippen molar-refractivity contribution in [2.45, 2.75) is 32.1 Å². The average molecular weight is 459 g/mol. The highest BCUT2D eigenvalue weighted by Crippen LogP contribution is 2.41. The number of nitrogens with one attached hydrogen (secondary N) is 1. The molecule has 9 heteroatoms. The number of benzene rings is 1. The van der Waals surface area contributed by atoms with Gasteiger partial charge in [-0.05, 0) is 56.1 Å². The van der Waals surface area contributed by atoms with E-state index in [2.05, 4.69) is 17.0 Å². The van der Waals surface area contributed by atoms with Crippen LogP contribution in [-0.4, -0.2) is 77.3 Å². The van der Waals surface area contributed by atoms with Crippen LogP contribution < -0.4 is 10.4 Å². The smallest absolute Gasteiger partial charge is 0.407 e. The molecular weight excluding hydrogens is 424 g/mol. The van der Waals surface area contributed by atoms with Gasteiger partial charge in [-0.3, -0.25) is 14.8 Å². The van der Waals surface area contributed by atoms with Crippen LogP contribution in [0.2, 0.25) is 0 Å². The molecular formula is C24H34N4O5. The summed E-state index contributed by atoms with van der Waals surface area (Å²) in [6.45, 7) is 3.74. The van der Waals surface area contributed by atoms with Crippen molar-refractivity contribution in [2.75, 3.05) is 44.2 Å². The lowest BCUT2D eigenvalue weighted by Crippen LogP contribution is -2.53. The van der Waals surface area contributed by atoms with Crippen LogP contribution >= 0.6 is 0 Å². The third-order valence-corrected chi connectivity index (χ3v) is 7.76. The van der Waals surface area contributed by atoms with Crippen molar-refractivity contribution in [2.24, 2.45) is 23.7 Å². The van der Waals surface area contributed by atoms with E-state index in [4.69, 9.17) is 0 Å². The molecule has 0 bridgehead atoms. The number of carbonyl (C=O) groups is 3. The summed E-state index contributed by atoms with van der Waals surface area (Å²) in [6, 6.07) is 10.1. The molecule has 0 aromatic heterocycles. The van der Waals surface area contributed by atoms with Crippen molar-refractivity contribution < 1.29 is 24.7 Å². The molecule has 2 saturated heterocycles. The Morgan fingerprint density at radius 3 is 2.24 bits per heavy atom. The fraction of sp³-hybridized carbons (Fsp3) is 0.625. The van der Waals surface area contributed by atoms with Crippen LogP contribution in [0.15, 0.2) is 30.3 Å². The molecule has 33 heavy (non-hydrogen) atoms. The van der Waals surface area contributed by atoms with Crippen molar-refractivity contribution in [3.8, 4) is 0 Å². The third kappa shape index (κ3) is 5.24. The summed E-state index contributed by atoms with van der Waals surface area (Å²) >= 11 is 0. The molecule has 2 heterocycles. The van der Waals surface area contributed by atoms with Gasteiger partial charge in [0.1, 0.15) is 0 Å². The van der Waals surface area contributed by atoms with Gasteiger partial charge in [0.05, 0.1) is 5.92 Å². The minimum atomic E-state index is -0.900. The van der Waals surface area contributed by atoms with Crippen LogP contribution in [0.1, 0.15) is 32.1 Å². The van der Waals surface area contributed by atoms with E-state index in [-0.39, 0.29) is 17.7 Å². The van der Waals surface area contributed by atoms with Gasteiger partial charge < -0.3 is 19.8 Å². The van der Waals surface area contributed by atoms with E-state index in [0.717, 1.165) is 38.0 Å². The van der Waals surface area contributed by atoms with Crippen LogP contribution in [0.5, 0.6) is 0 Å². The Bertz CT molecular complexity index is 843. The maximum Gasteiger partial charge on any atom is 0.407 e. The Balaban J connectivity index is 1.38. The minimum Gasteiger partial charge on any atom is -0.465 e. The summed E-state index contributed by atoms with van der Waals surface area (Å²) < 4.78 is 0. The number of carboxylic acid groups (broad SMARTS) is 1. The normalized spacial score (nSPS) is 28.3. The Labute approximate surface area is 194 Å². The largest absolute Gasteiger partial charge is 0.465 e. The number of hydroxylamine groups is 1. The quantitative estimate of drug-likeness (QED) is 0.471. The van der Waals surface area contributed by atoms with Crippen molar-refractivity contribution in [1.82, 2.24) is 15.3 Å². The molecule has 4 atom stereocenters. The van der Waals surface area contributed by atoms with Crippen molar-refractivity contribution in [3.05, 3.63) is 30.3 Å². The van der Waals surface area contributed by atoms with E-state index in [0.29, 0.717) is 39.0 Å². The van der Waals surface area contributed by atoms with Crippen LogP contribution in [0.3, 0.4) is 0 Å². The van der Waals surface area contributed by atoms with Gasteiger partial charge in [-0.2, -0.15) is 0 Å². The van der Waals surface area contributed by atoms with Crippen LogP contribution in [0.4, 0.5) is 10.5 Å². The lowest BCUT2D eigenvalue weighted by atomic mass is 9.67. The van der Waals surface area contributed by atoms with E-state index in [1.54, 1.807) is 5.48 Å². The lowest BCUT2D eigenvalue weighted by Gasteiger charge is -2.43. The first-order valence-electron chi connectivity index (χ1n) is 12.0. The zero-order valence-corrected chi connectivity index (χ0v) is 18.9. The van der Waals surface area contributed by atoms with Gasteiger partial charge in [0.2, 0.25) is 11.8 Å². The molecule has 1 saturated carbocycles. The maximum absolute atomic E-state index is 13.4. The number of piperazine rings is 1. The number of rotatable bonds is 4. The van der Waals surface area contributed by atoms with E-state index in [1.165, 1.54) is 4.90 Å². The minimum absolute atomic E-state index is 0.00873. The SMILES string of the molecule is O=C(NO)C1C[C@H]([C@@H]2CCCN(C(=O)O)C2)CC[C@@H]1C(=O)N1CCN(c2ccccc2)CC1. The molecule has 1 unspecified atom stereocenters. The standard InChI is InChI=1S/C24H34N4O5/c29-22(25-33)21-15-17(18-5-4-10-28(16-18)24(31)32)8-9-20(21)23(30)27-13-11-26(12-14-27)19-6-2-1-3-7-19/h1-3,6-7,17-18,20-21,33H,4-5,8-16H2,(H,25,29)(H,31,32)/t17-,18-,20+,21?/m1/s1. The number of amides is 3. The Hall–Kier alpha value is -2.81. The molecule has 3 N–H and O–H groups in total. The number of para-hydroxylation sites is 1. The summed E-state index contributed by atoms with van der Waals surface area (Å²) in [5.41, 5.74) is 2.92. The van der Waals surface area contributed by atoms with E-state index < -0.39 is 23.8 Å². The Morgan fingerprint density at radius 1 is 0.848 bits per heavy atom. The molecule has 1 aromatic carbocycles.